The zero-order chi connectivity index (χ0) is 26.3. The van der Waals surface area contributed by atoms with Crippen LogP contribution >= 0.6 is 0 Å². The fourth-order valence-corrected chi connectivity index (χ4v) is 5.13. The minimum atomic E-state index is -1.10. The molecule has 1 fully saturated rings. The van der Waals surface area contributed by atoms with Crippen molar-refractivity contribution in [3.63, 3.8) is 0 Å². The van der Waals surface area contributed by atoms with Gasteiger partial charge in [0.25, 0.3) is 0 Å². The fraction of sp³-hybridized carbons (Fsp3) is 0.333. The monoisotopic (exact) mass is 514 g/mol. The third-order valence-electron chi connectivity index (χ3n) is 7.34. The SMILES string of the molecule is CCCC(O)c1ccc(C2=CCC(c3ccc(-c4ccc(C5CO5)c(F)c4F)c(F)c3)CC2)c(F)c1F. The van der Waals surface area contributed by atoms with Gasteiger partial charge < -0.3 is 9.84 Å². The van der Waals surface area contributed by atoms with Gasteiger partial charge in [-0.3, -0.25) is 0 Å². The number of ether oxygens (including phenoxy) is 1. The average Bonchev–Trinajstić information content (AvgIpc) is 3.73. The number of benzene rings is 3. The highest BCUT2D eigenvalue weighted by molar-refractivity contribution is 5.68. The molecule has 7 heteroatoms. The lowest BCUT2D eigenvalue weighted by molar-refractivity contribution is 0.160. The molecule has 0 spiro atoms. The Morgan fingerprint density at radius 1 is 0.892 bits per heavy atom. The second kappa shape index (κ2) is 10.4. The Balaban J connectivity index is 1.34. The van der Waals surface area contributed by atoms with E-state index in [-0.39, 0.29) is 33.7 Å². The Morgan fingerprint density at radius 2 is 1.59 bits per heavy atom. The van der Waals surface area contributed by atoms with E-state index in [2.05, 4.69) is 0 Å². The fourth-order valence-electron chi connectivity index (χ4n) is 5.13. The Hall–Kier alpha value is -3.03. The zero-order valence-electron chi connectivity index (χ0n) is 20.3. The van der Waals surface area contributed by atoms with Gasteiger partial charge in [0.05, 0.1) is 12.7 Å². The number of hydrogen-bond acceptors (Lipinski definition) is 2. The third-order valence-corrected chi connectivity index (χ3v) is 7.34. The standard InChI is InChI=1S/C30H27F5O2/c1-2-3-25(36)22-12-10-19(27(32)29(22)34)17-6-4-16(5-7-17)18-8-9-20(24(31)14-18)21-11-13-23(26-15-37-26)30(35)28(21)33/h6,8-14,16,25-26,36H,2-5,7,15H2,1H3. The summed E-state index contributed by atoms with van der Waals surface area (Å²) in [6, 6.07) is 10.2. The molecular formula is C30H27F5O2. The summed E-state index contributed by atoms with van der Waals surface area (Å²) in [7, 11) is 0. The predicted molar refractivity (Wildman–Crippen MR) is 131 cm³/mol. The topological polar surface area (TPSA) is 32.8 Å². The molecule has 2 aliphatic rings. The van der Waals surface area contributed by atoms with Crippen LogP contribution in [0.5, 0.6) is 0 Å². The summed E-state index contributed by atoms with van der Waals surface area (Å²) >= 11 is 0. The van der Waals surface area contributed by atoms with Crippen LogP contribution < -0.4 is 0 Å². The van der Waals surface area contributed by atoms with Gasteiger partial charge in [-0.05, 0) is 48.8 Å². The van der Waals surface area contributed by atoms with E-state index in [1.54, 1.807) is 6.07 Å². The molecule has 3 aromatic rings. The number of epoxide rings is 1. The molecule has 0 aromatic heterocycles. The van der Waals surface area contributed by atoms with Crippen molar-refractivity contribution in [3.8, 4) is 11.1 Å². The van der Waals surface area contributed by atoms with Gasteiger partial charge in [-0.2, -0.15) is 0 Å². The smallest absolute Gasteiger partial charge is 0.167 e. The Kier molecular flexibility index (Phi) is 7.19. The molecule has 0 saturated carbocycles. The van der Waals surface area contributed by atoms with Crippen molar-refractivity contribution < 1.29 is 31.8 Å². The van der Waals surface area contributed by atoms with Gasteiger partial charge in [-0.25, -0.2) is 22.0 Å². The second-order valence-electron chi connectivity index (χ2n) is 9.73. The van der Waals surface area contributed by atoms with Crippen LogP contribution in [-0.2, 0) is 4.74 Å². The summed E-state index contributed by atoms with van der Waals surface area (Å²) < 4.78 is 78.6. The molecule has 1 saturated heterocycles. The summed E-state index contributed by atoms with van der Waals surface area (Å²) in [5.74, 6) is -4.84. The first-order chi connectivity index (χ1) is 17.8. The van der Waals surface area contributed by atoms with Gasteiger partial charge in [-0.1, -0.05) is 55.8 Å². The van der Waals surface area contributed by atoms with Gasteiger partial charge in [0, 0.05) is 27.8 Å². The van der Waals surface area contributed by atoms with Crippen LogP contribution in [0, 0.1) is 29.1 Å². The van der Waals surface area contributed by atoms with Crippen molar-refractivity contribution in [2.45, 2.75) is 57.2 Å². The molecule has 5 rings (SSSR count). The molecule has 3 atom stereocenters. The van der Waals surface area contributed by atoms with Crippen molar-refractivity contribution in [3.05, 3.63) is 99.9 Å². The van der Waals surface area contributed by atoms with E-state index in [4.69, 9.17) is 4.74 Å². The molecule has 3 unspecified atom stereocenters. The van der Waals surface area contributed by atoms with E-state index >= 15 is 4.39 Å². The van der Waals surface area contributed by atoms with Crippen molar-refractivity contribution in [2.24, 2.45) is 0 Å². The van der Waals surface area contributed by atoms with E-state index in [9.17, 15) is 22.7 Å². The number of aliphatic hydroxyl groups is 1. The average molecular weight is 515 g/mol. The molecule has 0 radical (unpaired) electrons. The molecule has 37 heavy (non-hydrogen) atoms. The molecule has 0 bridgehead atoms. The van der Waals surface area contributed by atoms with E-state index in [1.807, 2.05) is 13.0 Å². The molecule has 1 N–H and O–H groups in total. The Bertz CT molecular complexity index is 1360. The van der Waals surface area contributed by atoms with Gasteiger partial charge in [-0.15, -0.1) is 0 Å². The number of rotatable bonds is 7. The molecule has 1 aliphatic carbocycles. The maximum absolute atomic E-state index is 15.0. The van der Waals surface area contributed by atoms with Crippen LogP contribution in [0.3, 0.4) is 0 Å². The van der Waals surface area contributed by atoms with Crippen molar-refractivity contribution >= 4 is 5.57 Å². The van der Waals surface area contributed by atoms with E-state index in [0.29, 0.717) is 49.8 Å². The van der Waals surface area contributed by atoms with Crippen molar-refractivity contribution in [2.75, 3.05) is 6.61 Å². The van der Waals surface area contributed by atoms with Gasteiger partial charge in [0.1, 0.15) is 11.9 Å². The number of allylic oxidation sites excluding steroid dienone is 2. The second-order valence-corrected chi connectivity index (χ2v) is 9.73. The Morgan fingerprint density at radius 3 is 2.24 bits per heavy atom. The van der Waals surface area contributed by atoms with Gasteiger partial charge >= 0.3 is 0 Å². The van der Waals surface area contributed by atoms with E-state index in [0.717, 1.165) is 0 Å². The largest absolute Gasteiger partial charge is 0.388 e. The third kappa shape index (κ3) is 4.94. The summed E-state index contributed by atoms with van der Waals surface area (Å²) in [6.07, 6.45) is 2.87. The summed E-state index contributed by atoms with van der Waals surface area (Å²) in [5, 5.41) is 10.1. The van der Waals surface area contributed by atoms with Crippen LogP contribution in [0.4, 0.5) is 22.0 Å². The van der Waals surface area contributed by atoms with Gasteiger partial charge in [0.2, 0.25) is 0 Å². The summed E-state index contributed by atoms with van der Waals surface area (Å²) in [4.78, 5) is 0. The van der Waals surface area contributed by atoms with Crippen LogP contribution in [0.15, 0.2) is 48.5 Å². The van der Waals surface area contributed by atoms with Gasteiger partial charge in [0.15, 0.2) is 23.3 Å². The minimum absolute atomic E-state index is 0.0293. The normalized spacial score (nSPS) is 20.0. The van der Waals surface area contributed by atoms with Crippen LogP contribution in [0.25, 0.3) is 16.7 Å². The summed E-state index contributed by atoms with van der Waals surface area (Å²) in [6.45, 7) is 2.19. The van der Waals surface area contributed by atoms with Crippen LogP contribution in [0.1, 0.15) is 79.4 Å². The highest BCUT2D eigenvalue weighted by Crippen LogP contribution is 2.40. The first-order valence-corrected chi connectivity index (χ1v) is 12.5. The van der Waals surface area contributed by atoms with Crippen LogP contribution in [0.2, 0.25) is 0 Å². The molecule has 1 heterocycles. The summed E-state index contributed by atoms with van der Waals surface area (Å²) in [5.41, 5.74) is 1.44. The highest BCUT2D eigenvalue weighted by atomic mass is 19.2. The molecule has 3 aromatic carbocycles. The first-order valence-electron chi connectivity index (χ1n) is 12.5. The predicted octanol–water partition coefficient (Wildman–Crippen LogP) is 8.31. The number of halogens is 5. The lowest BCUT2D eigenvalue weighted by atomic mass is 9.82. The highest BCUT2D eigenvalue weighted by Gasteiger charge is 2.31. The van der Waals surface area contributed by atoms with E-state index in [1.165, 1.54) is 36.4 Å². The lowest BCUT2D eigenvalue weighted by Crippen LogP contribution is -2.08. The maximum Gasteiger partial charge on any atom is 0.167 e. The maximum atomic E-state index is 15.0. The molecule has 1 aliphatic heterocycles. The molecular weight excluding hydrogens is 487 g/mol. The molecule has 194 valence electrons. The molecule has 0 amide bonds. The van der Waals surface area contributed by atoms with Crippen molar-refractivity contribution in [1.29, 1.82) is 0 Å². The minimum Gasteiger partial charge on any atom is -0.388 e. The number of hydrogen-bond donors (Lipinski definition) is 1. The Labute approximate surface area is 212 Å². The lowest BCUT2D eigenvalue weighted by Gasteiger charge is -2.24. The quantitative estimate of drug-likeness (QED) is 0.254. The zero-order valence-corrected chi connectivity index (χ0v) is 20.3. The molecule has 2 nitrogen and oxygen atoms in total. The van der Waals surface area contributed by atoms with Crippen LogP contribution in [-0.4, -0.2) is 11.7 Å². The van der Waals surface area contributed by atoms with Crippen molar-refractivity contribution in [1.82, 2.24) is 0 Å². The first kappa shape index (κ1) is 25.6. The van der Waals surface area contributed by atoms with E-state index < -0.39 is 41.3 Å². The number of aliphatic hydroxyl groups excluding tert-OH is 1.